The van der Waals surface area contributed by atoms with Crippen LogP contribution < -0.4 is 4.90 Å². The van der Waals surface area contributed by atoms with Crippen molar-refractivity contribution in [3.63, 3.8) is 0 Å². The molecule has 0 saturated carbocycles. The molecule has 1 saturated heterocycles. The fourth-order valence-electron chi connectivity index (χ4n) is 2.09. The van der Waals surface area contributed by atoms with Crippen molar-refractivity contribution in [1.29, 1.82) is 0 Å². The highest BCUT2D eigenvalue weighted by Crippen LogP contribution is 2.16. The zero-order chi connectivity index (χ0) is 13.1. The van der Waals surface area contributed by atoms with E-state index in [9.17, 15) is 0 Å². The van der Waals surface area contributed by atoms with Crippen molar-refractivity contribution in [2.75, 3.05) is 38.1 Å². The Morgan fingerprint density at radius 3 is 2.47 bits per heavy atom. The monoisotopic (exact) mass is 256 g/mol. The van der Waals surface area contributed by atoms with Crippen LogP contribution in [0.25, 0.3) is 11.4 Å². The van der Waals surface area contributed by atoms with Crippen molar-refractivity contribution in [3.05, 3.63) is 30.9 Å². The van der Waals surface area contributed by atoms with Crippen LogP contribution in [0.5, 0.6) is 0 Å². The molecule has 3 rings (SSSR count). The molecular formula is C13H16N6. The second kappa shape index (κ2) is 5.27. The van der Waals surface area contributed by atoms with Gasteiger partial charge in [0, 0.05) is 44.1 Å². The summed E-state index contributed by atoms with van der Waals surface area (Å²) in [6.07, 6.45) is 5.07. The molecule has 2 aromatic rings. The van der Waals surface area contributed by atoms with Crippen molar-refractivity contribution >= 4 is 5.95 Å². The Morgan fingerprint density at radius 1 is 1.00 bits per heavy atom. The van der Waals surface area contributed by atoms with Crippen LogP contribution in [0, 0.1) is 0 Å². The molecule has 0 radical (unpaired) electrons. The Kier molecular flexibility index (Phi) is 3.33. The molecule has 0 spiro atoms. The Bertz CT molecular complexity index is 536. The highest BCUT2D eigenvalue weighted by Gasteiger charge is 2.17. The van der Waals surface area contributed by atoms with Crippen LogP contribution in [-0.2, 0) is 0 Å². The summed E-state index contributed by atoms with van der Waals surface area (Å²) < 4.78 is 0. The van der Waals surface area contributed by atoms with Crippen molar-refractivity contribution in [2.45, 2.75) is 0 Å². The van der Waals surface area contributed by atoms with Crippen LogP contribution >= 0.6 is 0 Å². The lowest BCUT2D eigenvalue weighted by Gasteiger charge is -2.32. The SMILES string of the molecule is CN1CCN(c2ncnc(-c3ccncc3)n2)CC1. The van der Waals surface area contributed by atoms with Gasteiger partial charge in [-0.3, -0.25) is 4.98 Å². The summed E-state index contributed by atoms with van der Waals surface area (Å²) in [6, 6.07) is 3.81. The quantitative estimate of drug-likeness (QED) is 0.787. The average molecular weight is 256 g/mol. The van der Waals surface area contributed by atoms with Gasteiger partial charge in [-0.1, -0.05) is 0 Å². The highest BCUT2D eigenvalue weighted by molar-refractivity contribution is 5.54. The van der Waals surface area contributed by atoms with Gasteiger partial charge in [-0.2, -0.15) is 4.98 Å². The molecule has 19 heavy (non-hydrogen) atoms. The fraction of sp³-hybridized carbons (Fsp3) is 0.385. The van der Waals surface area contributed by atoms with Gasteiger partial charge in [0.25, 0.3) is 0 Å². The molecule has 6 heteroatoms. The number of aromatic nitrogens is 4. The largest absolute Gasteiger partial charge is 0.338 e. The van der Waals surface area contributed by atoms with Gasteiger partial charge in [0.1, 0.15) is 6.33 Å². The normalized spacial score (nSPS) is 16.6. The Hall–Kier alpha value is -2.08. The van der Waals surface area contributed by atoms with Gasteiger partial charge in [-0.25, -0.2) is 9.97 Å². The van der Waals surface area contributed by atoms with Crippen molar-refractivity contribution in [2.24, 2.45) is 0 Å². The third kappa shape index (κ3) is 2.68. The first-order chi connectivity index (χ1) is 9.33. The third-order valence-corrected chi connectivity index (χ3v) is 3.28. The third-order valence-electron chi connectivity index (χ3n) is 3.28. The first-order valence-corrected chi connectivity index (χ1v) is 6.36. The van der Waals surface area contributed by atoms with Crippen LogP contribution in [0.4, 0.5) is 5.95 Å². The molecule has 2 aromatic heterocycles. The van der Waals surface area contributed by atoms with Gasteiger partial charge in [0.05, 0.1) is 0 Å². The Morgan fingerprint density at radius 2 is 1.74 bits per heavy atom. The van der Waals surface area contributed by atoms with E-state index in [2.05, 4.69) is 36.8 Å². The van der Waals surface area contributed by atoms with E-state index in [0.717, 1.165) is 37.7 Å². The summed E-state index contributed by atoms with van der Waals surface area (Å²) >= 11 is 0. The van der Waals surface area contributed by atoms with E-state index in [1.54, 1.807) is 18.7 Å². The summed E-state index contributed by atoms with van der Waals surface area (Å²) in [5.74, 6) is 1.46. The molecule has 98 valence electrons. The first kappa shape index (κ1) is 12.0. The number of likely N-dealkylation sites (N-methyl/N-ethyl adjacent to an activating group) is 1. The highest BCUT2D eigenvalue weighted by atomic mass is 15.3. The van der Waals surface area contributed by atoms with Crippen molar-refractivity contribution in [1.82, 2.24) is 24.8 Å². The molecule has 0 atom stereocenters. The van der Waals surface area contributed by atoms with Gasteiger partial charge in [0.2, 0.25) is 5.95 Å². The van der Waals surface area contributed by atoms with E-state index in [-0.39, 0.29) is 0 Å². The fourth-order valence-corrected chi connectivity index (χ4v) is 2.09. The van der Waals surface area contributed by atoms with E-state index in [1.807, 2.05) is 12.1 Å². The Labute approximate surface area is 112 Å². The standard InChI is InChI=1S/C13H16N6/c1-18-6-8-19(9-7-18)13-16-10-15-12(17-13)11-2-4-14-5-3-11/h2-5,10H,6-9H2,1H3. The molecule has 0 aliphatic carbocycles. The lowest BCUT2D eigenvalue weighted by atomic mass is 10.2. The molecule has 1 aliphatic heterocycles. The molecule has 0 N–H and O–H groups in total. The second-order valence-electron chi connectivity index (χ2n) is 4.64. The van der Waals surface area contributed by atoms with E-state index >= 15 is 0 Å². The summed E-state index contributed by atoms with van der Waals surface area (Å²) in [5, 5.41) is 0. The van der Waals surface area contributed by atoms with Crippen molar-refractivity contribution in [3.8, 4) is 11.4 Å². The maximum absolute atomic E-state index is 4.55. The van der Waals surface area contributed by atoms with E-state index < -0.39 is 0 Å². The first-order valence-electron chi connectivity index (χ1n) is 6.36. The average Bonchev–Trinajstić information content (AvgIpc) is 2.49. The van der Waals surface area contributed by atoms with Gasteiger partial charge < -0.3 is 9.80 Å². The predicted molar refractivity (Wildman–Crippen MR) is 72.8 cm³/mol. The minimum absolute atomic E-state index is 0.700. The maximum Gasteiger partial charge on any atom is 0.228 e. The lowest BCUT2D eigenvalue weighted by molar-refractivity contribution is 0.311. The number of nitrogens with zero attached hydrogens (tertiary/aromatic N) is 6. The topological polar surface area (TPSA) is 58.0 Å². The molecule has 0 unspecified atom stereocenters. The number of anilines is 1. The molecule has 1 fully saturated rings. The zero-order valence-corrected chi connectivity index (χ0v) is 10.9. The second-order valence-corrected chi connectivity index (χ2v) is 4.64. The van der Waals surface area contributed by atoms with Gasteiger partial charge in [0.15, 0.2) is 5.82 Å². The number of pyridine rings is 1. The van der Waals surface area contributed by atoms with Gasteiger partial charge in [-0.15, -0.1) is 0 Å². The number of rotatable bonds is 2. The number of piperazine rings is 1. The molecule has 6 nitrogen and oxygen atoms in total. The zero-order valence-electron chi connectivity index (χ0n) is 10.9. The minimum Gasteiger partial charge on any atom is -0.338 e. The van der Waals surface area contributed by atoms with E-state index in [1.165, 1.54) is 0 Å². The molecule has 3 heterocycles. The summed E-state index contributed by atoms with van der Waals surface area (Å²) in [5.41, 5.74) is 0.966. The van der Waals surface area contributed by atoms with Crippen LogP contribution in [0.1, 0.15) is 0 Å². The number of hydrogen-bond donors (Lipinski definition) is 0. The predicted octanol–water partition coefficient (Wildman–Crippen LogP) is 0.685. The minimum atomic E-state index is 0.700. The van der Waals surface area contributed by atoms with Gasteiger partial charge in [-0.05, 0) is 19.2 Å². The lowest BCUT2D eigenvalue weighted by Crippen LogP contribution is -2.45. The van der Waals surface area contributed by atoms with Crippen LogP contribution in [0.3, 0.4) is 0 Å². The summed E-state index contributed by atoms with van der Waals surface area (Å²) in [4.78, 5) is 21.6. The summed E-state index contributed by atoms with van der Waals surface area (Å²) in [7, 11) is 2.13. The smallest absolute Gasteiger partial charge is 0.228 e. The molecular weight excluding hydrogens is 240 g/mol. The van der Waals surface area contributed by atoms with E-state index in [0.29, 0.717) is 5.82 Å². The Balaban J connectivity index is 1.84. The van der Waals surface area contributed by atoms with Crippen LogP contribution in [0.15, 0.2) is 30.9 Å². The number of hydrogen-bond acceptors (Lipinski definition) is 6. The van der Waals surface area contributed by atoms with Gasteiger partial charge >= 0.3 is 0 Å². The van der Waals surface area contributed by atoms with Crippen molar-refractivity contribution < 1.29 is 0 Å². The molecule has 0 amide bonds. The molecule has 0 aromatic carbocycles. The molecule has 1 aliphatic rings. The van der Waals surface area contributed by atoms with Crippen LogP contribution in [0.2, 0.25) is 0 Å². The summed E-state index contributed by atoms with van der Waals surface area (Å²) in [6.45, 7) is 3.99. The van der Waals surface area contributed by atoms with Crippen LogP contribution in [-0.4, -0.2) is 58.1 Å². The molecule has 0 bridgehead atoms. The van der Waals surface area contributed by atoms with E-state index in [4.69, 9.17) is 0 Å². The maximum atomic E-state index is 4.55.